The summed E-state index contributed by atoms with van der Waals surface area (Å²) < 4.78 is 45.3. The fourth-order valence-corrected chi connectivity index (χ4v) is 4.76. The summed E-state index contributed by atoms with van der Waals surface area (Å²) in [6.45, 7) is 5.09. The molecule has 0 bridgehead atoms. The quantitative estimate of drug-likeness (QED) is 0.883. The Hall–Kier alpha value is -1.02. The monoisotopic (exact) mass is 370 g/mol. The molecule has 25 heavy (non-hydrogen) atoms. The number of nitrogens with zero attached hydrogens (tertiary/aromatic N) is 1. The number of ether oxygens (including phenoxy) is 1. The van der Waals surface area contributed by atoms with Crippen LogP contribution in [0.5, 0.6) is 0 Å². The van der Waals surface area contributed by atoms with Crippen LogP contribution in [0, 0.1) is 12.7 Å². The molecule has 2 fully saturated rings. The molecule has 2 saturated heterocycles. The normalized spacial score (nSPS) is 24.5. The molecular formula is C18H27FN2O3S. The van der Waals surface area contributed by atoms with Gasteiger partial charge in [0, 0.05) is 32.3 Å². The van der Waals surface area contributed by atoms with Gasteiger partial charge in [0.05, 0.1) is 11.9 Å². The molecule has 1 aromatic rings. The third-order valence-electron chi connectivity index (χ3n) is 5.35. The maximum absolute atomic E-state index is 13.5. The second kappa shape index (κ2) is 7.31. The number of sulfonamides is 1. The molecule has 0 aliphatic carbocycles. The van der Waals surface area contributed by atoms with Crippen molar-refractivity contribution in [3.8, 4) is 0 Å². The van der Waals surface area contributed by atoms with Gasteiger partial charge >= 0.3 is 0 Å². The van der Waals surface area contributed by atoms with Crippen LogP contribution in [0.2, 0.25) is 0 Å². The molecular weight excluding hydrogens is 343 g/mol. The molecule has 2 aliphatic heterocycles. The Balaban J connectivity index is 1.58. The summed E-state index contributed by atoms with van der Waals surface area (Å²) in [6.07, 6.45) is 4.42. The molecule has 7 heteroatoms. The highest BCUT2D eigenvalue weighted by Crippen LogP contribution is 2.35. The van der Waals surface area contributed by atoms with E-state index in [1.165, 1.54) is 12.3 Å². The molecule has 1 aromatic carbocycles. The van der Waals surface area contributed by atoms with Gasteiger partial charge in [0.25, 0.3) is 0 Å². The minimum atomic E-state index is -3.19. The van der Waals surface area contributed by atoms with E-state index in [1.807, 2.05) is 13.0 Å². The topological polar surface area (TPSA) is 58.6 Å². The molecule has 1 spiro atoms. The molecule has 2 aliphatic rings. The molecule has 0 amide bonds. The van der Waals surface area contributed by atoms with Crippen molar-refractivity contribution < 1.29 is 17.5 Å². The van der Waals surface area contributed by atoms with Crippen LogP contribution < -0.4 is 4.72 Å². The van der Waals surface area contributed by atoms with Crippen molar-refractivity contribution in [3.05, 3.63) is 35.1 Å². The highest BCUT2D eigenvalue weighted by Gasteiger charge is 2.40. The van der Waals surface area contributed by atoms with E-state index in [1.54, 1.807) is 6.07 Å². The number of nitrogens with one attached hydrogen (secondary N) is 1. The standard InChI is InChI=1S/C18H27FN2O3S/c1-14-3-4-16(19)11-15(14)13-21-8-6-18(7-9-21)12-17(5-10-24-18)20-25(2,22)23/h3-4,11,17,20H,5-10,12-13H2,1-2H3/t17-/m0/s1. The molecule has 0 aromatic heterocycles. The fourth-order valence-electron chi connectivity index (χ4n) is 3.95. The van der Waals surface area contributed by atoms with Crippen LogP contribution in [-0.2, 0) is 21.3 Å². The zero-order valence-corrected chi connectivity index (χ0v) is 15.7. The number of halogens is 1. The van der Waals surface area contributed by atoms with Gasteiger partial charge in [-0.15, -0.1) is 0 Å². The average molecular weight is 370 g/mol. The first-order valence-corrected chi connectivity index (χ1v) is 10.7. The summed E-state index contributed by atoms with van der Waals surface area (Å²) in [5, 5.41) is 0. The Labute approximate surface area is 149 Å². The maximum atomic E-state index is 13.5. The number of benzene rings is 1. The number of rotatable bonds is 4. The van der Waals surface area contributed by atoms with Crippen LogP contribution in [0.25, 0.3) is 0 Å². The van der Waals surface area contributed by atoms with E-state index >= 15 is 0 Å². The SMILES string of the molecule is Cc1ccc(F)cc1CN1CCC2(CC1)C[C@@H](NS(C)(=O)=O)CCO2. The van der Waals surface area contributed by atoms with E-state index in [4.69, 9.17) is 4.74 Å². The summed E-state index contributed by atoms with van der Waals surface area (Å²) in [5.41, 5.74) is 1.90. The minimum Gasteiger partial charge on any atom is -0.375 e. The molecule has 140 valence electrons. The van der Waals surface area contributed by atoms with Gasteiger partial charge in [-0.1, -0.05) is 6.07 Å². The summed E-state index contributed by atoms with van der Waals surface area (Å²) in [5.74, 6) is -0.195. The second-order valence-corrected chi connectivity index (χ2v) is 9.24. The van der Waals surface area contributed by atoms with Crippen LogP contribution in [0.3, 0.4) is 0 Å². The highest BCUT2D eigenvalue weighted by molar-refractivity contribution is 7.88. The molecule has 1 N–H and O–H groups in total. The largest absolute Gasteiger partial charge is 0.375 e. The third-order valence-corrected chi connectivity index (χ3v) is 6.11. The van der Waals surface area contributed by atoms with Crippen LogP contribution in [0.4, 0.5) is 4.39 Å². The van der Waals surface area contributed by atoms with Gasteiger partial charge in [-0.2, -0.15) is 0 Å². The Morgan fingerprint density at radius 3 is 2.76 bits per heavy atom. The number of likely N-dealkylation sites (tertiary alicyclic amines) is 1. The Bertz CT molecular complexity index is 715. The van der Waals surface area contributed by atoms with Crippen LogP contribution >= 0.6 is 0 Å². The molecule has 1 atom stereocenters. The van der Waals surface area contributed by atoms with E-state index in [9.17, 15) is 12.8 Å². The van der Waals surface area contributed by atoms with Gasteiger partial charge < -0.3 is 4.74 Å². The van der Waals surface area contributed by atoms with Gasteiger partial charge in [-0.25, -0.2) is 17.5 Å². The third kappa shape index (κ3) is 5.00. The Morgan fingerprint density at radius 1 is 1.36 bits per heavy atom. The number of piperidine rings is 1. The first-order chi connectivity index (χ1) is 11.7. The summed E-state index contributed by atoms with van der Waals surface area (Å²) >= 11 is 0. The zero-order valence-electron chi connectivity index (χ0n) is 14.9. The van der Waals surface area contributed by atoms with Crippen molar-refractivity contribution in [2.45, 2.75) is 50.8 Å². The zero-order chi connectivity index (χ0) is 18.1. The van der Waals surface area contributed by atoms with E-state index in [2.05, 4.69) is 9.62 Å². The molecule has 0 saturated carbocycles. The number of aryl methyl sites for hydroxylation is 1. The Kier molecular flexibility index (Phi) is 5.48. The highest BCUT2D eigenvalue weighted by atomic mass is 32.2. The van der Waals surface area contributed by atoms with Gasteiger partial charge in [-0.05, 0) is 55.9 Å². The molecule has 3 rings (SSSR count). The van der Waals surface area contributed by atoms with Gasteiger partial charge in [0.2, 0.25) is 10.0 Å². The molecule has 5 nitrogen and oxygen atoms in total. The van der Waals surface area contributed by atoms with E-state index in [-0.39, 0.29) is 17.5 Å². The summed E-state index contributed by atoms with van der Waals surface area (Å²) in [6, 6.07) is 4.89. The maximum Gasteiger partial charge on any atom is 0.208 e. The van der Waals surface area contributed by atoms with Gasteiger partial charge in [0.15, 0.2) is 0 Å². The van der Waals surface area contributed by atoms with E-state index in [0.717, 1.165) is 56.4 Å². The van der Waals surface area contributed by atoms with Crippen molar-refractivity contribution in [1.82, 2.24) is 9.62 Å². The first-order valence-electron chi connectivity index (χ1n) is 8.83. The second-order valence-electron chi connectivity index (χ2n) is 7.46. The van der Waals surface area contributed by atoms with Crippen molar-refractivity contribution >= 4 is 10.0 Å². The molecule has 0 radical (unpaired) electrons. The fraction of sp³-hybridized carbons (Fsp3) is 0.667. The van der Waals surface area contributed by atoms with Gasteiger partial charge in [0.1, 0.15) is 5.82 Å². The van der Waals surface area contributed by atoms with Crippen LogP contribution in [0.1, 0.15) is 36.8 Å². The lowest BCUT2D eigenvalue weighted by atomic mass is 9.82. The predicted octanol–water partition coefficient (Wildman–Crippen LogP) is 2.20. The summed E-state index contributed by atoms with van der Waals surface area (Å²) in [4.78, 5) is 2.32. The lowest BCUT2D eigenvalue weighted by molar-refractivity contribution is -0.118. The number of hydrogen-bond donors (Lipinski definition) is 1. The van der Waals surface area contributed by atoms with Crippen molar-refractivity contribution in [3.63, 3.8) is 0 Å². The summed E-state index contributed by atoms with van der Waals surface area (Å²) in [7, 11) is -3.19. The Morgan fingerprint density at radius 2 is 2.08 bits per heavy atom. The van der Waals surface area contributed by atoms with E-state index in [0.29, 0.717) is 6.61 Å². The van der Waals surface area contributed by atoms with Crippen molar-refractivity contribution in [2.75, 3.05) is 26.0 Å². The van der Waals surface area contributed by atoms with Crippen LogP contribution in [0.15, 0.2) is 18.2 Å². The van der Waals surface area contributed by atoms with E-state index < -0.39 is 10.0 Å². The van der Waals surface area contributed by atoms with Crippen LogP contribution in [-0.4, -0.2) is 50.9 Å². The van der Waals surface area contributed by atoms with Crippen molar-refractivity contribution in [1.29, 1.82) is 0 Å². The predicted molar refractivity (Wildman–Crippen MR) is 95.3 cm³/mol. The minimum absolute atomic E-state index is 0.0410. The smallest absolute Gasteiger partial charge is 0.208 e. The number of hydrogen-bond acceptors (Lipinski definition) is 4. The first kappa shape index (κ1) is 18.8. The van der Waals surface area contributed by atoms with Crippen molar-refractivity contribution in [2.24, 2.45) is 0 Å². The lowest BCUT2D eigenvalue weighted by Gasteiger charge is -2.46. The van der Waals surface area contributed by atoms with Gasteiger partial charge in [-0.3, -0.25) is 4.90 Å². The molecule has 0 unspecified atom stereocenters. The average Bonchev–Trinajstić information content (AvgIpc) is 2.52. The molecule has 2 heterocycles. The lowest BCUT2D eigenvalue weighted by Crippen LogP contribution is -2.53.